The van der Waals surface area contributed by atoms with Gasteiger partial charge in [0.15, 0.2) is 5.82 Å². The topological polar surface area (TPSA) is 58.0 Å². The van der Waals surface area contributed by atoms with Crippen LogP contribution < -0.4 is 5.48 Å². The molecule has 1 aromatic rings. The molecule has 0 spiro atoms. The molecular weight excluding hydrogens is 142 g/mol. The molecule has 1 heterocycles. The summed E-state index contributed by atoms with van der Waals surface area (Å²) in [4.78, 5) is 8.07. The van der Waals surface area contributed by atoms with Crippen molar-refractivity contribution in [3.63, 3.8) is 0 Å². The summed E-state index contributed by atoms with van der Waals surface area (Å²) in [6.45, 7) is 3.79. The first-order valence-corrected chi connectivity index (χ1v) is 3.51. The summed E-state index contributed by atoms with van der Waals surface area (Å²) in [5, 5.41) is 8.54. The van der Waals surface area contributed by atoms with Gasteiger partial charge in [0.25, 0.3) is 0 Å². The van der Waals surface area contributed by atoms with Crippen molar-refractivity contribution in [2.75, 3.05) is 5.48 Å². The first kappa shape index (κ1) is 7.94. The predicted octanol–water partition coefficient (Wildman–Crippen LogP) is 1.15. The van der Waals surface area contributed by atoms with E-state index in [1.807, 2.05) is 12.4 Å². The summed E-state index contributed by atoms with van der Waals surface area (Å²) in [7, 11) is 0. The van der Waals surface area contributed by atoms with Crippen molar-refractivity contribution >= 4 is 5.82 Å². The minimum Gasteiger partial charge on any atom is -0.290 e. The highest BCUT2D eigenvalue weighted by atomic mass is 16.5. The van der Waals surface area contributed by atoms with Crippen LogP contribution in [0.15, 0.2) is 6.07 Å². The highest BCUT2D eigenvalue weighted by Crippen LogP contribution is 2.05. The van der Waals surface area contributed by atoms with Crippen LogP contribution in [0, 0.1) is 6.92 Å². The van der Waals surface area contributed by atoms with E-state index >= 15 is 0 Å². The minimum absolute atomic E-state index is 0.453. The Hall–Kier alpha value is -1.16. The van der Waals surface area contributed by atoms with Gasteiger partial charge in [-0.05, 0) is 13.3 Å². The Labute approximate surface area is 65.3 Å². The molecule has 4 heteroatoms. The van der Waals surface area contributed by atoms with Crippen molar-refractivity contribution in [1.29, 1.82) is 0 Å². The molecule has 0 aliphatic heterocycles. The van der Waals surface area contributed by atoms with E-state index in [0.717, 1.165) is 12.1 Å². The Morgan fingerprint density at radius 2 is 2.27 bits per heavy atom. The highest BCUT2D eigenvalue weighted by Gasteiger charge is 1.97. The number of anilines is 1. The number of hydrogen-bond acceptors (Lipinski definition) is 4. The Kier molecular flexibility index (Phi) is 2.38. The van der Waals surface area contributed by atoms with Crippen molar-refractivity contribution in [1.82, 2.24) is 9.97 Å². The van der Waals surface area contributed by atoms with Gasteiger partial charge in [-0.3, -0.25) is 10.7 Å². The Morgan fingerprint density at radius 3 is 2.82 bits per heavy atom. The van der Waals surface area contributed by atoms with Crippen molar-refractivity contribution in [3.05, 3.63) is 17.6 Å². The zero-order chi connectivity index (χ0) is 8.27. The fourth-order valence-electron chi connectivity index (χ4n) is 0.868. The molecule has 0 aromatic carbocycles. The van der Waals surface area contributed by atoms with Gasteiger partial charge >= 0.3 is 0 Å². The van der Waals surface area contributed by atoms with E-state index < -0.39 is 0 Å². The quantitative estimate of drug-likeness (QED) is 0.626. The third-order valence-corrected chi connectivity index (χ3v) is 1.37. The maximum atomic E-state index is 8.54. The van der Waals surface area contributed by atoms with E-state index in [1.165, 1.54) is 0 Å². The molecule has 2 N–H and O–H groups in total. The third-order valence-electron chi connectivity index (χ3n) is 1.37. The summed E-state index contributed by atoms with van der Waals surface area (Å²) in [5.74, 6) is 1.12. The average Bonchev–Trinajstić information content (AvgIpc) is 2.03. The molecule has 0 radical (unpaired) electrons. The lowest BCUT2D eigenvalue weighted by molar-refractivity contribution is 0.385. The smallest absolute Gasteiger partial charge is 0.153 e. The second kappa shape index (κ2) is 3.30. The molecular formula is C7H11N3O. The fraction of sp³-hybridized carbons (Fsp3) is 0.429. The van der Waals surface area contributed by atoms with Crippen LogP contribution in [-0.4, -0.2) is 15.2 Å². The number of nitrogens with zero attached hydrogens (tertiary/aromatic N) is 2. The lowest BCUT2D eigenvalue weighted by Crippen LogP contribution is -1.99. The molecule has 0 amide bonds. The number of hydrogen-bond donors (Lipinski definition) is 2. The van der Waals surface area contributed by atoms with Crippen molar-refractivity contribution < 1.29 is 5.21 Å². The van der Waals surface area contributed by atoms with Gasteiger partial charge in [-0.15, -0.1) is 0 Å². The number of aromatic nitrogens is 2. The predicted molar refractivity (Wildman–Crippen MR) is 41.6 cm³/mol. The maximum Gasteiger partial charge on any atom is 0.153 e. The SMILES string of the molecule is CCc1cc(NO)nc(C)n1. The van der Waals surface area contributed by atoms with Gasteiger partial charge in [0.05, 0.1) is 0 Å². The second-order valence-corrected chi connectivity index (χ2v) is 2.26. The van der Waals surface area contributed by atoms with Gasteiger partial charge < -0.3 is 0 Å². The molecule has 11 heavy (non-hydrogen) atoms. The standard InChI is InChI=1S/C7H11N3O/c1-3-6-4-7(10-11)9-5(2)8-6/h4,11H,3H2,1-2H3,(H,8,9,10). The molecule has 0 aliphatic carbocycles. The van der Waals surface area contributed by atoms with E-state index in [9.17, 15) is 0 Å². The van der Waals surface area contributed by atoms with E-state index in [2.05, 4.69) is 9.97 Å². The monoisotopic (exact) mass is 153 g/mol. The van der Waals surface area contributed by atoms with E-state index in [1.54, 1.807) is 13.0 Å². The van der Waals surface area contributed by atoms with Gasteiger partial charge in [-0.2, -0.15) is 0 Å². The van der Waals surface area contributed by atoms with Crippen LogP contribution in [0.3, 0.4) is 0 Å². The van der Waals surface area contributed by atoms with Crippen molar-refractivity contribution in [2.24, 2.45) is 0 Å². The number of rotatable bonds is 2. The van der Waals surface area contributed by atoms with Gasteiger partial charge in [-0.1, -0.05) is 6.92 Å². The second-order valence-electron chi connectivity index (χ2n) is 2.26. The Balaban J connectivity index is 3.02. The number of nitrogens with one attached hydrogen (secondary N) is 1. The number of aryl methyl sites for hydroxylation is 2. The first-order valence-electron chi connectivity index (χ1n) is 3.51. The van der Waals surface area contributed by atoms with Crippen LogP contribution in [0.2, 0.25) is 0 Å². The maximum absolute atomic E-state index is 8.54. The summed E-state index contributed by atoms with van der Waals surface area (Å²) in [5.41, 5.74) is 2.92. The van der Waals surface area contributed by atoms with Crippen LogP contribution in [0.25, 0.3) is 0 Å². The summed E-state index contributed by atoms with van der Waals surface area (Å²) in [6.07, 6.45) is 0.845. The molecule has 0 aliphatic rings. The van der Waals surface area contributed by atoms with E-state index in [0.29, 0.717) is 11.6 Å². The van der Waals surface area contributed by atoms with Gasteiger partial charge in [-0.25, -0.2) is 9.97 Å². The molecule has 0 saturated heterocycles. The third kappa shape index (κ3) is 1.88. The minimum atomic E-state index is 0.453. The van der Waals surface area contributed by atoms with Crippen LogP contribution in [0.1, 0.15) is 18.4 Å². The van der Waals surface area contributed by atoms with E-state index in [4.69, 9.17) is 5.21 Å². The zero-order valence-electron chi connectivity index (χ0n) is 6.63. The van der Waals surface area contributed by atoms with Gasteiger partial charge in [0.1, 0.15) is 5.82 Å². The van der Waals surface area contributed by atoms with Crippen LogP contribution in [0.4, 0.5) is 5.82 Å². The van der Waals surface area contributed by atoms with E-state index in [-0.39, 0.29) is 0 Å². The van der Waals surface area contributed by atoms with Crippen LogP contribution >= 0.6 is 0 Å². The van der Waals surface area contributed by atoms with Crippen molar-refractivity contribution in [2.45, 2.75) is 20.3 Å². The molecule has 0 atom stereocenters. The average molecular weight is 153 g/mol. The first-order chi connectivity index (χ1) is 5.26. The van der Waals surface area contributed by atoms with Crippen LogP contribution in [0.5, 0.6) is 0 Å². The molecule has 0 bridgehead atoms. The lowest BCUT2D eigenvalue weighted by Gasteiger charge is -2.01. The normalized spacial score (nSPS) is 9.73. The summed E-state index contributed by atoms with van der Waals surface area (Å²) >= 11 is 0. The Bertz CT molecular complexity index is 227. The molecule has 4 nitrogen and oxygen atoms in total. The van der Waals surface area contributed by atoms with Crippen molar-refractivity contribution in [3.8, 4) is 0 Å². The fourth-order valence-corrected chi connectivity index (χ4v) is 0.868. The molecule has 1 aromatic heterocycles. The zero-order valence-corrected chi connectivity index (χ0v) is 6.63. The summed E-state index contributed by atoms with van der Waals surface area (Å²) < 4.78 is 0. The molecule has 0 saturated carbocycles. The summed E-state index contributed by atoms with van der Waals surface area (Å²) in [6, 6.07) is 1.72. The van der Waals surface area contributed by atoms with Gasteiger partial charge in [0.2, 0.25) is 0 Å². The molecule has 0 fully saturated rings. The Morgan fingerprint density at radius 1 is 1.55 bits per heavy atom. The lowest BCUT2D eigenvalue weighted by atomic mass is 10.3. The highest BCUT2D eigenvalue weighted by molar-refractivity contribution is 5.32. The molecule has 0 unspecified atom stereocenters. The van der Waals surface area contributed by atoms with Gasteiger partial charge in [0, 0.05) is 11.8 Å². The largest absolute Gasteiger partial charge is 0.290 e. The van der Waals surface area contributed by atoms with Crippen LogP contribution in [-0.2, 0) is 6.42 Å². The molecule has 60 valence electrons. The molecule has 1 rings (SSSR count).